The first kappa shape index (κ1) is 33.9. The first-order valence-electron chi connectivity index (χ1n) is 13.5. The second-order valence-electron chi connectivity index (χ2n) is 10.4. The molecule has 1 N–H and O–H groups in total. The number of ether oxygens (including phenoxy) is 5. The molecule has 10 nitrogen and oxygen atoms in total. The van der Waals surface area contributed by atoms with Crippen LogP contribution in [0.2, 0.25) is 0 Å². The number of rotatable bonds is 15. The molecule has 0 bridgehead atoms. The third-order valence-corrected chi connectivity index (χ3v) is 6.68. The van der Waals surface area contributed by atoms with Crippen LogP contribution in [0, 0.1) is 23.7 Å². The minimum Gasteiger partial charge on any atom is -0.468 e. The fourth-order valence-electron chi connectivity index (χ4n) is 3.06. The Kier molecular flexibility index (Phi) is 14.5. The van der Waals surface area contributed by atoms with E-state index in [1.54, 1.807) is 39.0 Å². The maximum atomic E-state index is 12.7. The lowest BCUT2D eigenvalue weighted by atomic mass is 9.98. The van der Waals surface area contributed by atoms with Crippen molar-refractivity contribution in [1.82, 2.24) is 5.32 Å². The molecule has 0 amide bonds. The Bertz CT molecular complexity index is 960. The van der Waals surface area contributed by atoms with E-state index in [-0.39, 0.29) is 60.8 Å². The Balaban J connectivity index is 3.07. The third kappa shape index (κ3) is 11.6. The molecule has 220 valence electrons. The van der Waals surface area contributed by atoms with Gasteiger partial charge < -0.3 is 29.0 Å². The van der Waals surface area contributed by atoms with Gasteiger partial charge >= 0.3 is 24.1 Å². The predicted octanol–water partition coefficient (Wildman–Crippen LogP) is 4.71. The van der Waals surface area contributed by atoms with Gasteiger partial charge in [-0.05, 0) is 49.3 Å². The van der Waals surface area contributed by atoms with Gasteiger partial charge in [0.05, 0.1) is 18.9 Å². The van der Waals surface area contributed by atoms with Crippen molar-refractivity contribution in [2.45, 2.75) is 80.4 Å². The number of carbonyl (C=O) groups excluding carboxylic acids is 4. The quantitative estimate of drug-likeness (QED) is 0.186. The van der Waals surface area contributed by atoms with Crippen LogP contribution in [0.25, 0.3) is 0 Å². The Labute approximate surface area is 232 Å². The second kappa shape index (κ2) is 16.7. The largest absolute Gasteiger partial charge is 0.508 e. The van der Waals surface area contributed by atoms with Gasteiger partial charge in [-0.25, -0.2) is 4.79 Å². The molecule has 0 radical (unpaired) electrons. The van der Waals surface area contributed by atoms with Crippen LogP contribution in [0.3, 0.4) is 0 Å². The van der Waals surface area contributed by atoms with E-state index in [0.29, 0.717) is 12.0 Å². The zero-order valence-electron chi connectivity index (χ0n) is 24.7. The maximum absolute atomic E-state index is 12.7. The highest BCUT2D eigenvalue weighted by molar-refractivity contribution is 5.79. The number of nitrogens with one attached hydrogen (secondary N) is 1. The molecule has 0 heterocycles. The number of methoxy groups -OCH3 is 1. The average Bonchev–Trinajstić information content (AvgIpc) is 2.89. The Hall–Kier alpha value is -3.14. The van der Waals surface area contributed by atoms with Crippen LogP contribution in [0.1, 0.15) is 67.4 Å². The number of esters is 3. The van der Waals surface area contributed by atoms with Gasteiger partial charge in [0, 0.05) is 6.54 Å². The van der Waals surface area contributed by atoms with Crippen molar-refractivity contribution in [1.29, 1.82) is 0 Å². The SMILES string of the molecule is CCC(C)OC(=O)OCCN[C@@H](Cc1ccc(OC(=O)C(C)C(C)C)c(OC(=O)C(C)C(C)C)c1)C(=O)OC. The first-order chi connectivity index (χ1) is 18.3. The summed E-state index contributed by atoms with van der Waals surface area (Å²) in [6, 6.07) is 4.02. The van der Waals surface area contributed by atoms with Crippen LogP contribution < -0.4 is 14.8 Å². The molecule has 10 heteroatoms. The summed E-state index contributed by atoms with van der Waals surface area (Å²) in [5.41, 5.74) is 0.631. The number of hydrogen-bond donors (Lipinski definition) is 1. The summed E-state index contributed by atoms with van der Waals surface area (Å²) in [6.07, 6.45) is -0.193. The summed E-state index contributed by atoms with van der Waals surface area (Å²) in [7, 11) is 1.27. The summed E-state index contributed by atoms with van der Waals surface area (Å²) in [6.45, 7) is 15.0. The smallest absolute Gasteiger partial charge is 0.468 e. The molecule has 0 spiro atoms. The van der Waals surface area contributed by atoms with E-state index in [0.717, 1.165) is 0 Å². The average molecular weight is 552 g/mol. The topological polar surface area (TPSA) is 126 Å². The minimum absolute atomic E-state index is 0.0123. The second-order valence-corrected chi connectivity index (χ2v) is 10.4. The summed E-state index contributed by atoms with van der Waals surface area (Å²) in [4.78, 5) is 49.5. The van der Waals surface area contributed by atoms with Crippen molar-refractivity contribution in [3.8, 4) is 11.5 Å². The summed E-state index contributed by atoms with van der Waals surface area (Å²) < 4.78 is 26.3. The number of hydrogen-bond acceptors (Lipinski definition) is 10. The molecule has 0 fully saturated rings. The molecule has 1 aromatic carbocycles. The molecule has 0 aromatic heterocycles. The number of carbonyl (C=O) groups is 4. The lowest BCUT2D eigenvalue weighted by molar-refractivity contribution is -0.143. The van der Waals surface area contributed by atoms with Crippen LogP contribution in [0.5, 0.6) is 11.5 Å². The molecule has 0 saturated heterocycles. The van der Waals surface area contributed by atoms with Gasteiger partial charge in [-0.2, -0.15) is 0 Å². The molecule has 3 unspecified atom stereocenters. The molecule has 1 rings (SSSR count). The normalized spacial score (nSPS) is 14.2. The fourth-order valence-corrected chi connectivity index (χ4v) is 3.06. The molecule has 39 heavy (non-hydrogen) atoms. The van der Waals surface area contributed by atoms with Gasteiger partial charge in [0.1, 0.15) is 18.8 Å². The summed E-state index contributed by atoms with van der Waals surface area (Å²) in [5, 5.41) is 3.01. The zero-order chi connectivity index (χ0) is 29.7. The summed E-state index contributed by atoms with van der Waals surface area (Å²) in [5.74, 6) is -1.84. The van der Waals surface area contributed by atoms with E-state index < -0.39 is 30.1 Å². The lowest BCUT2D eigenvalue weighted by Gasteiger charge is -2.20. The van der Waals surface area contributed by atoms with E-state index in [1.807, 2.05) is 34.6 Å². The van der Waals surface area contributed by atoms with E-state index in [2.05, 4.69) is 5.32 Å². The van der Waals surface area contributed by atoms with Gasteiger partial charge in [-0.15, -0.1) is 0 Å². The summed E-state index contributed by atoms with van der Waals surface area (Å²) >= 11 is 0. The van der Waals surface area contributed by atoms with Crippen LogP contribution in [0.4, 0.5) is 4.79 Å². The van der Waals surface area contributed by atoms with E-state index >= 15 is 0 Å². The molecule has 1 aromatic rings. The standard InChI is InChI=1S/C29H45NO9/c1-10-19(6)37-29(34)36-14-13-30-23(28(33)35-9)15-22-11-12-24(38-26(31)20(7)17(2)3)25(16-22)39-27(32)21(8)18(4)5/h11-12,16-21,23,30H,10,13-15H2,1-9H3/t19?,20?,21?,23-/m0/s1. The molecule has 0 saturated carbocycles. The fraction of sp³-hybridized carbons (Fsp3) is 0.655. The predicted molar refractivity (Wildman–Crippen MR) is 145 cm³/mol. The van der Waals surface area contributed by atoms with E-state index in [9.17, 15) is 19.2 Å². The first-order valence-corrected chi connectivity index (χ1v) is 13.5. The zero-order valence-corrected chi connectivity index (χ0v) is 24.7. The van der Waals surface area contributed by atoms with Crippen molar-refractivity contribution in [3.63, 3.8) is 0 Å². The van der Waals surface area contributed by atoms with Gasteiger partial charge in [0.25, 0.3) is 0 Å². The molecule has 0 aliphatic carbocycles. The highest BCUT2D eigenvalue weighted by Gasteiger charge is 2.25. The van der Waals surface area contributed by atoms with Crippen molar-refractivity contribution < 1.29 is 42.9 Å². The molecular weight excluding hydrogens is 506 g/mol. The van der Waals surface area contributed by atoms with Gasteiger partial charge in [0.2, 0.25) is 0 Å². The highest BCUT2D eigenvalue weighted by atomic mass is 16.7. The number of benzene rings is 1. The van der Waals surface area contributed by atoms with Crippen molar-refractivity contribution in [2.24, 2.45) is 23.7 Å². The lowest BCUT2D eigenvalue weighted by Crippen LogP contribution is -2.41. The monoisotopic (exact) mass is 551 g/mol. The highest BCUT2D eigenvalue weighted by Crippen LogP contribution is 2.31. The Morgan fingerprint density at radius 3 is 1.90 bits per heavy atom. The minimum atomic E-state index is -0.781. The molecule has 0 aliphatic heterocycles. The van der Waals surface area contributed by atoms with Crippen molar-refractivity contribution in [2.75, 3.05) is 20.3 Å². The van der Waals surface area contributed by atoms with Gasteiger partial charge in [-0.3, -0.25) is 14.4 Å². The Morgan fingerprint density at radius 2 is 1.38 bits per heavy atom. The van der Waals surface area contributed by atoms with Crippen LogP contribution in [-0.2, 0) is 35.0 Å². The van der Waals surface area contributed by atoms with Crippen LogP contribution in [0.15, 0.2) is 18.2 Å². The van der Waals surface area contributed by atoms with Crippen molar-refractivity contribution >= 4 is 24.1 Å². The van der Waals surface area contributed by atoms with E-state index in [1.165, 1.54) is 7.11 Å². The van der Waals surface area contributed by atoms with Gasteiger partial charge in [-0.1, -0.05) is 54.5 Å². The molecule has 4 atom stereocenters. The maximum Gasteiger partial charge on any atom is 0.508 e. The van der Waals surface area contributed by atoms with Crippen molar-refractivity contribution in [3.05, 3.63) is 23.8 Å². The van der Waals surface area contributed by atoms with Crippen LogP contribution >= 0.6 is 0 Å². The Morgan fingerprint density at radius 1 is 0.821 bits per heavy atom. The van der Waals surface area contributed by atoms with E-state index in [4.69, 9.17) is 23.7 Å². The molecular formula is C29H45NO9. The van der Waals surface area contributed by atoms with Crippen LogP contribution in [-0.4, -0.2) is 56.5 Å². The molecule has 0 aliphatic rings. The van der Waals surface area contributed by atoms with Gasteiger partial charge in [0.15, 0.2) is 11.5 Å². The third-order valence-electron chi connectivity index (χ3n) is 6.68.